The van der Waals surface area contributed by atoms with Gasteiger partial charge in [-0.15, -0.1) is 11.3 Å². The molecule has 1 aromatic rings. The van der Waals surface area contributed by atoms with E-state index in [-0.39, 0.29) is 16.8 Å². The molecule has 0 spiro atoms. The summed E-state index contributed by atoms with van der Waals surface area (Å²) in [5.41, 5.74) is 0. The molecule has 0 bridgehead atoms. The van der Waals surface area contributed by atoms with Crippen LogP contribution in [0.5, 0.6) is 0 Å². The predicted molar refractivity (Wildman–Crippen MR) is 88.7 cm³/mol. The van der Waals surface area contributed by atoms with E-state index in [9.17, 15) is 13.2 Å². The van der Waals surface area contributed by atoms with Crippen LogP contribution >= 0.6 is 11.3 Å². The van der Waals surface area contributed by atoms with Gasteiger partial charge in [-0.05, 0) is 38.2 Å². The maximum Gasteiger partial charge on any atom is 0.261 e. The normalized spacial score (nSPS) is 19.0. The van der Waals surface area contributed by atoms with Crippen LogP contribution in [-0.2, 0) is 10.0 Å². The number of carbonyl (C=O) groups is 1. The molecule has 2 rings (SSSR count). The molecule has 0 radical (unpaired) electrons. The van der Waals surface area contributed by atoms with Gasteiger partial charge in [0, 0.05) is 24.5 Å². The summed E-state index contributed by atoms with van der Waals surface area (Å²) < 4.78 is 26.8. The third kappa shape index (κ3) is 3.88. The number of nitrogens with zero attached hydrogens (tertiary/aromatic N) is 1. The Bertz CT molecular complexity index is 616. The fourth-order valence-corrected chi connectivity index (χ4v) is 4.98. The van der Waals surface area contributed by atoms with Gasteiger partial charge in [0.2, 0.25) is 10.0 Å². The first-order chi connectivity index (χ1) is 10.3. The summed E-state index contributed by atoms with van der Waals surface area (Å²) in [5.74, 6) is 0.374. The van der Waals surface area contributed by atoms with Crippen LogP contribution in [0, 0.1) is 5.92 Å². The first-order valence-electron chi connectivity index (χ1n) is 7.74. The van der Waals surface area contributed by atoms with Crippen LogP contribution in [0.15, 0.2) is 16.3 Å². The Hall–Kier alpha value is -0.920. The number of rotatable bonds is 5. The van der Waals surface area contributed by atoms with Crippen LogP contribution in [0.4, 0.5) is 0 Å². The van der Waals surface area contributed by atoms with Crippen LogP contribution in [0.1, 0.15) is 49.7 Å². The third-order valence-electron chi connectivity index (χ3n) is 4.17. The zero-order valence-corrected chi connectivity index (χ0v) is 15.0. The van der Waals surface area contributed by atoms with Gasteiger partial charge >= 0.3 is 0 Å². The Morgan fingerprint density at radius 3 is 2.68 bits per heavy atom. The number of hydrogen-bond acceptors (Lipinski definition) is 4. The van der Waals surface area contributed by atoms with E-state index < -0.39 is 10.0 Å². The summed E-state index contributed by atoms with van der Waals surface area (Å²) in [7, 11) is -3.47. The molecule has 22 heavy (non-hydrogen) atoms. The molecule has 1 atom stereocenters. The number of thiophene rings is 1. The van der Waals surface area contributed by atoms with Crippen molar-refractivity contribution in [3.63, 3.8) is 0 Å². The standard InChI is InChI=1S/C15H24N2O3S2/c1-4-12(3)16-15(18)14-9-13(10-21-14)22(19,20)17-7-5-11(2)6-8-17/h9-12H,4-8H2,1-3H3,(H,16,18). The topological polar surface area (TPSA) is 66.5 Å². The third-order valence-corrected chi connectivity index (χ3v) is 7.12. The summed E-state index contributed by atoms with van der Waals surface area (Å²) >= 11 is 1.18. The highest BCUT2D eigenvalue weighted by atomic mass is 32.2. The van der Waals surface area contributed by atoms with Crippen molar-refractivity contribution >= 4 is 27.3 Å². The van der Waals surface area contributed by atoms with Crippen LogP contribution in [0.3, 0.4) is 0 Å². The highest BCUT2D eigenvalue weighted by Gasteiger charge is 2.29. The van der Waals surface area contributed by atoms with Crippen molar-refractivity contribution in [2.45, 2.75) is 51.0 Å². The van der Waals surface area contributed by atoms with Crippen LogP contribution in [0.2, 0.25) is 0 Å². The molecule has 1 amide bonds. The highest BCUT2D eigenvalue weighted by molar-refractivity contribution is 7.89. The zero-order valence-electron chi connectivity index (χ0n) is 13.3. The average molecular weight is 345 g/mol. The summed E-state index contributed by atoms with van der Waals surface area (Å²) in [6.45, 7) is 7.19. The van der Waals surface area contributed by atoms with Gasteiger partial charge in [0.25, 0.3) is 5.91 Å². The number of sulfonamides is 1. The van der Waals surface area contributed by atoms with Crippen LogP contribution in [-0.4, -0.2) is 37.8 Å². The molecule has 1 N–H and O–H groups in total. The Kier molecular flexibility index (Phi) is 5.63. The van der Waals surface area contributed by atoms with Crippen molar-refractivity contribution < 1.29 is 13.2 Å². The molecule has 1 aliphatic rings. The van der Waals surface area contributed by atoms with E-state index in [4.69, 9.17) is 0 Å². The van der Waals surface area contributed by atoms with Gasteiger partial charge in [-0.25, -0.2) is 8.42 Å². The number of carbonyl (C=O) groups excluding carboxylic acids is 1. The smallest absolute Gasteiger partial charge is 0.261 e. The minimum Gasteiger partial charge on any atom is -0.349 e. The lowest BCUT2D eigenvalue weighted by atomic mass is 10.0. The summed E-state index contributed by atoms with van der Waals surface area (Å²) in [5, 5.41) is 4.43. The molecular formula is C15H24N2O3S2. The van der Waals surface area contributed by atoms with Crippen molar-refractivity contribution in [1.82, 2.24) is 9.62 Å². The molecule has 1 unspecified atom stereocenters. The van der Waals surface area contributed by atoms with E-state index in [1.807, 2.05) is 13.8 Å². The molecule has 1 aromatic heterocycles. The first kappa shape index (κ1) is 17.4. The molecule has 5 nitrogen and oxygen atoms in total. The number of piperidine rings is 1. The van der Waals surface area contributed by atoms with Gasteiger partial charge in [0.1, 0.15) is 0 Å². The number of hydrogen-bond donors (Lipinski definition) is 1. The minimum absolute atomic E-state index is 0.0817. The van der Waals surface area contributed by atoms with Gasteiger partial charge in [-0.3, -0.25) is 4.79 Å². The Balaban J connectivity index is 2.11. The SMILES string of the molecule is CCC(C)NC(=O)c1cc(S(=O)(=O)N2CCC(C)CC2)cs1. The van der Waals surface area contributed by atoms with Gasteiger partial charge < -0.3 is 5.32 Å². The fourth-order valence-electron chi connectivity index (χ4n) is 2.34. The molecular weight excluding hydrogens is 320 g/mol. The summed E-state index contributed by atoms with van der Waals surface area (Å²) in [6, 6.07) is 1.58. The van der Waals surface area contributed by atoms with E-state index in [1.54, 1.807) is 5.38 Å². The lowest BCUT2D eigenvalue weighted by Crippen LogP contribution is -2.37. The maximum atomic E-state index is 12.6. The van der Waals surface area contributed by atoms with E-state index >= 15 is 0 Å². The van der Waals surface area contributed by atoms with E-state index in [2.05, 4.69) is 12.2 Å². The van der Waals surface area contributed by atoms with Crippen molar-refractivity contribution in [2.24, 2.45) is 5.92 Å². The molecule has 1 aliphatic heterocycles. The monoisotopic (exact) mass is 344 g/mol. The lowest BCUT2D eigenvalue weighted by molar-refractivity contribution is 0.0943. The van der Waals surface area contributed by atoms with Gasteiger partial charge in [-0.1, -0.05) is 13.8 Å². The molecule has 0 saturated carbocycles. The van der Waals surface area contributed by atoms with Crippen molar-refractivity contribution in [2.75, 3.05) is 13.1 Å². The highest BCUT2D eigenvalue weighted by Crippen LogP contribution is 2.26. The van der Waals surface area contributed by atoms with E-state index in [0.717, 1.165) is 19.3 Å². The number of nitrogens with one attached hydrogen (secondary N) is 1. The minimum atomic E-state index is -3.47. The Labute approximate surface area is 136 Å². The second-order valence-corrected chi connectivity index (χ2v) is 8.87. The van der Waals surface area contributed by atoms with Gasteiger partial charge in [0.15, 0.2) is 0 Å². The van der Waals surface area contributed by atoms with Crippen molar-refractivity contribution in [3.05, 3.63) is 16.3 Å². The summed E-state index contributed by atoms with van der Waals surface area (Å²) in [6.07, 6.45) is 2.63. The second kappa shape index (κ2) is 7.10. The van der Waals surface area contributed by atoms with Crippen molar-refractivity contribution in [3.8, 4) is 0 Å². The molecule has 0 aromatic carbocycles. The van der Waals surface area contributed by atoms with Crippen molar-refractivity contribution in [1.29, 1.82) is 0 Å². The second-order valence-electron chi connectivity index (χ2n) is 6.02. The first-order valence-corrected chi connectivity index (χ1v) is 10.1. The summed E-state index contributed by atoms with van der Waals surface area (Å²) in [4.78, 5) is 12.8. The Morgan fingerprint density at radius 1 is 1.45 bits per heavy atom. The largest absolute Gasteiger partial charge is 0.349 e. The quantitative estimate of drug-likeness (QED) is 0.893. The molecule has 0 aliphatic carbocycles. The van der Waals surface area contributed by atoms with Gasteiger partial charge in [0.05, 0.1) is 9.77 Å². The van der Waals surface area contributed by atoms with E-state index in [1.165, 1.54) is 21.7 Å². The van der Waals surface area contributed by atoms with Gasteiger partial charge in [-0.2, -0.15) is 4.31 Å². The molecule has 1 saturated heterocycles. The molecule has 124 valence electrons. The fraction of sp³-hybridized carbons (Fsp3) is 0.667. The predicted octanol–water partition coefficient (Wildman–Crippen LogP) is 2.70. The lowest BCUT2D eigenvalue weighted by Gasteiger charge is -2.29. The Morgan fingerprint density at radius 2 is 2.09 bits per heavy atom. The molecule has 2 heterocycles. The van der Waals surface area contributed by atoms with Crippen LogP contribution < -0.4 is 5.32 Å². The zero-order chi connectivity index (χ0) is 16.3. The maximum absolute atomic E-state index is 12.6. The van der Waals surface area contributed by atoms with E-state index in [0.29, 0.717) is 23.9 Å². The average Bonchev–Trinajstić information content (AvgIpc) is 2.98. The molecule has 1 fully saturated rings. The number of amides is 1. The van der Waals surface area contributed by atoms with Crippen LogP contribution in [0.25, 0.3) is 0 Å². The molecule has 7 heteroatoms.